The summed E-state index contributed by atoms with van der Waals surface area (Å²) < 4.78 is 20.7. The summed E-state index contributed by atoms with van der Waals surface area (Å²) in [5.41, 5.74) is 0.915. The number of fused-ring (bicyclic) bond motifs is 3. The van der Waals surface area contributed by atoms with Crippen LogP contribution in [0, 0.1) is 5.82 Å². The molecule has 0 amide bonds. The van der Waals surface area contributed by atoms with E-state index in [0.717, 1.165) is 0 Å². The van der Waals surface area contributed by atoms with Gasteiger partial charge in [-0.05, 0) is 19.1 Å². The number of carbonyl (C=O) groups excluding carboxylic acids is 1. The van der Waals surface area contributed by atoms with E-state index in [0.29, 0.717) is 11.0 Å². The van der Waals surface area contributed by atoms with Crippen LogP contribution in [-0.2, 0) is 4.74 Å². The highest BCUT2D eigenvalue weighted by molar-refractivity contribution is 6.04. The quantitative estimate of drug-likeness (QED) is 0.447. The van der Waals surface area contributed by atoms with Crippen LogP contribution >= 0.6 is 0 Å². The predicted octanol–water partition coefficient (Wildman–Crippen LogP) is 2.60. The van der Waals surface area contributed by atoms with Crippen molar-refractivity contribution in [3.8, 4) is 5.75 Å². The lowest BCUT2D eigenvalue weighted by molar-refractivity contribution is -0.481. The third-order valence-electron chi connectivity index (χ3n) is 3.32. The van der Waals surface area contributed by atoms with Crippen LogP contribution in [0.1, 0.15) is 17.3 Å². The minimum Gasteiger partial charge on any atom is -0.506 e. The van der Waals surface area contributed by atoms with E-state index in [1.165, 1.54) is 6.07 Å². The molecule has 2 aromatic heterocycles. The Morgan fingerprint density at radius 3 is 2.76 bits per heavy atom. The molecule has 0 unspecified atom stereocenters. The summed E-state index contributed by atoms with van der Waals surface area (Å²) in [6, 6.07) is 9.66. The first-order chi connectivity index (χ1) is 10.1. The number of aromatic hydroxyl groups is 1. The van der Waals surface area contributed by atoms with Gasteiger partial charge in [-0.1, -0.05) is 6.07 Å². The molecule has 0 spiro atoms. The Morgan fingerprint density at radius 2 is 2.00 bits per heavy atom. The second-order valence-corrected chi connectivity index (χ2v) is 4.53. The van der Waals surface area contributed by atoms with E-state index in [9.17, 15) is 14.3 Å². The lowest BCUT2D eigenvalue weighted by atomic mass is 10.1. The third kappa shape index (κ3) is 1.98. The van der Waals surface area contributed by atoms with Crippen LogP contribution < -0.4 is 4.40 Å². The molecule has 0 radical (unpaired) electrons. The Balaban J connectivity index is 2.52. The molecule has 0 saturated heterocycles. The second kappa shape index (κ2) is 5.01. The Morgan fingerprint density at radius 1 is 1.24 bits per heavy atom. The van der Waals surface area contributed by atoms with Crippen molar-refractivity contribution in [3.05, 3.63) is 54.0 Å². The monoisotopic (exact) mass is 286 g/mol. The average Bonchev–Trinajstić information content (AvgIpc) is 2.47. The molecule has 0 aliphatic carbocycles. The minimum absolute atomic E-state index is 0.00394. The number of ether oxygens (including phenoxy) is 1. The molecule has 21 heavy (non-hydrogen) atoms. The zero-order chi connectivity index (χ0) is 15.0. The van der Waals surface area contributed by atoms with Crippen LogP contribution in [0.25, 0.3) is 16.4 Å². The fraction of sp³-hybridized carbons (Fsp3) is 0.125. The van der Waals surface area contributed by atoms with Gasteiger partial charge in [-0.3, -0.25) is 0 Å². The molecule has 0 atom stereocenters. The average molecular weight is 286 g/mol. The number of carbonyl (C=O) groups is 1. The summed E-state index contributed by atoms with van der Waals surface area (Å²) in [6.07, 6.45) is 1.71. The number of nitrogens with zero attached hydrogens (tertiary/aromatic N) is 1. The van der Waals surface area contributed by atoms with Crippen molar-refractivity contribution >= 4 is 22.4 Å². The molecular formula is C16H13FNO3+. The molecule has 0 saturated carbocycles. The highest BCUT2D eigenvalue weighted by atomic mass is 19.1. The first kappa shape index (κ1) is 13.3. The van der Waals surface area contributed by atoms with E-state index in [1.807, 2.05) is 0 Å². The van der Waals surface area contributed by atoms with E-state index in [2.05, 4.69) is 0 Å². The van der Waals surface area contributed by atoms with Crippen molar-refractivity contribution < 1.29 is 23.4 Å². The molecule has 3 rings (SSSR count). The van der Waals surface area contributed by atoms with E-state index in [-0.39, 0.29) is 17.6 Å². The van der Waals surface area contributed by atoms with Crippen molar-refractivity contribution in [1.82, 2.24) is 0 Å². The van der Waals surface area contributed by atoms with Crippen molar-refractivity contribution in [2.24, 2.45) is 0 Å². The third-order valence-corrected chi connectivity index (χ3v) is 3.32. The van der Waals surface area contributed by atoms with Gasteiger partial charge in [0.15, 0.2) is 17.5 Å². The topological polar surface area (TPSA) is 50.6 Å². The van der Waals surface area contributed by atoms with Crippen LogP contribution in [-0.4, -0.2) is 17.7 Å². The highest BCUT2D eigenvalue weighted by Crippen LogP contribution is 2.31. The van der Waals surface area contributed by atoms with E-state index < -0.39 is 17.5 Å². The number of hydrogen-bond donors (Lipinski definition) is 1. The number of pyridine rings is 2. The molecule has 1 aromatic carbocycles. The molecule has 106 valence electrons. The normalized spacial score (nSPS) is 11.0. The second-order valence-electron chi connectivity index (χ2n) is 4.53. The summed E-state index contributed by atoms with van der Waals surface area (Å²) in [5, 5.41) is 10.4. The fourth-order valence-electron chi connectivity index (χ4n) is 2.46. The summed E-state index contributed by atoms with van der Waals surface area (Å²) in [4.78, 5) is 12.1. The molecule has 0 aliphatic heterocycles. The van der Waals surface area contributed by atoms with Crippen LogP contribution in [0.5, 0.6) is 5.75 Å². The number of esters is 1. The van der Waals surface area contributed by atoms with E-state index in [1.54, 1.807) is 47.9 Å². The summed E-state index contributed by atoms with van der Waals surface area (Å²) >= 11 is 0. The van der Waals surface area contributed by atoms with Gasteiger partial charge in [0.25, 0.3) is 0 Å². The van der Waals surface area contributed by atoms with Gasteiger partial charge < -0.3 is 9.84 Å². The fourth-order valence-corrected chi connectivity index (χ4v) is 2.46. The maximum absolute atomic E-state index is 14.1. The first-order valence-corrected chi connectivity index (χ1v) is 6.55. The molecule has 3 aromatic rings. The minimum atomic E-state index is -0.677. The Kier molecular flexibility index (Phi) is 3.17. The van der Waals surface area contributed by atoms with Gasteiger partial charge in [-0.25, -0.2) is 9.18 Å². The van der Waals surface area contributed by atoms with Crippen LogP contribution in [0.4, 0.5) is 4.39 Å². The zero-order valence-electron chi connectivity index (χ0n) is 11.3. The maximum atomic E-state index is 14.1. The number of benzene rings is 1. The number of aromatic nitrogens is 1. The molecule has 2 heterocycles. The van der Waals surface area contributed by atoms with Crippen LogP contribution in [0.3, 0.4) is 0 Å². The van der Waals surface area contributed by atoms with Crippen molar-refractivity contribution in [2.75, 3.05) is 6.61 Å². The highest BCUT2D eigenvalue weighted by Gasteiger charge is 2.27. The lowest BCUT2D eigenvalue weighted by Gasteiger charge is -2.08. The van der Waals surface area contributed by atoms with Crippen molar-refractivity contribution in [3.63, 3.8) is 0 Å². The zero-order valence-corrected chi connectivity index (χ0v) is 11.3. The van der Waals surface area contributed by atoms with E-state index in [4.69, 9.17) is 4.74 Å². The number of rotatable bonds is 2. The van der Waals surface area contributed by atoms with Gasteiger partial charge in [0.05, 0.1) is 6.61 Å². The SMILES string of the molecule is CCOC(=O)c1c(O)c2c(F)cccc2[n+]2ccccc12. The number of hydrogen-bond acceptors (Lipinski definition) is 3. The van der Waals surface area contributed by atoms with Gasteiger partial charge in [-0.15, -0.1) is 0 Å². The molecule has 0 aliphatic rings. The molecular weight excluding hydrogens is 273 g/mol. The number of halogens is 1. The van der Waals surface area contributed by atoms with Crippen molar-refractivity contribution in [1.29, 1.82) is 0 Å². The molecule has 1 N–H and O–H groups in total. The summed E-state index contributed by atoms with van der Waals surface area (Å²) in [6.45, 7) is 1.85. The van der Waals surface area contributed by atoms with Crippen molar-refractivity contribution in [2.45, 2.75) is 6.92 Å². The lowest BCUT2D eigenvalue weighted by Crippen LogP contribution is -2.26. The smallest absolute Gasteiger partial charge is 0.348 e. The van der Waals surface area contributed by atoms with Gasteiger partial charge in [0.1, 0.15) is 11.2 Å². The van der Waals surface area contributed by atoms with Gasteiger partial charge >= 0.3 is 5.97 Å². The van der Waals surface area contributed by atoms with Gasteiger partial charge in [0.2, 0.25) is 11.0 Å². The first-order valence-electron chi connectivity index (χ1n) is 6.55. The predicted molar refractivity (Wildman–Crippen MR) is 74.7 cm³/mol. The molecule has 0 bridgehead atoms. The Labute approximate surface area is 120 Å². The van der Waals surface area contributed by atoms with Gasteiger partial charge in [-0.2, -0.15) is 4.40 Å². The largest absolute Gasteiger partial charge is 0.506 e. The molecule has 0 fully saturated rings. The maximum Gasteiger partial charge on any atom is 0.348 e. The Bertz CT molecular complexity index is 861. The van der Waals surface area contributed by atoms with Crippen LogP contribution in [0.2, 0.25) is 0 Å². The molecule has 5 heteroatoms. The summed E-state index contributed by atoms with van der Waals surface area (Å²) in [5.74, 6) is -1.66. The Hall–Kier alpha value is -2.69. The van der Waals surface area contributed by atoms with Gasteiger partial charge in [0, 0.05) is 18.2 Å². The van der Waals surface area contributed by atoms with E-state index >= 15 is 0 Å². The standard InChI is InChI=1S/C16H12FNO3/c1-2-21-16(20)14-12-7-3-4-9-18(12)11-8-5-6-10(17)13(11)15(14)19/h3-9H,2H2,1H3/p+1. The van der Waals surface area contributed by atoms with Crippen LogP contribution in [0.15, 0.2) is 42.6 Å². The summed E-state index contributed by atoms with van der Waals surface area (Å²) in [7, 11) is 0. The molecule has 4 nitrogen and oxygen atoms in total.